The van der Waals surface area contributed by atoms with Gasteiger partial charge in [-0.05, 0) is 44.0 Å². The van der Waals surface area contributed by atoms with Gasteiger partial charge in [0, 0.05) is 18.3 Å². The first-order valence-electron chi connectivity index (χ1n) is 6.74. The summed E-state index contributed by atoms with van der Waals surface area (Å²) in [6.07, 6.45) is 3.83. The molecule has 1 aromatic carbocycles. The lowest BCUT2D eigenvalue weighted by Gasteiger charge is -2.39. The number of benzene rings is 1. The third kappa shape index (κ3) is 3.49. The Balaban J connectivity index is 0.00000200. The molecule has 1 aliphatic carbocycles. The number of nitrogens with zero attached hydrogens (tertiary/aromatic N) is 1. The van der Waals surface area contributed by atoms with Crippen LogP contribution in [0.25, 0.3) is 0 Å². The number of carbonyl (C=O) groups excluding carboxylic acids is 1. The van der Waals surface area contributed by atoms with Crippen molar-refractivity contribution in [1.29, 1.82) is 0 Å². The molecule has 2 rings (SSSR count). The Morgan fingerprint density at radius 2 is 1.95 bits per heavy atom. The summed E-state index contributed by atoms with van der Waals surface area (Å²) in [7, 11) is 1.72. The summed E-state index contributed by atoms with van der Waals surface area (Å²) in [4.78, 5) is 14.1. The van der Waals surface area contributed by atoms with Crippen LogP contribution in [-0.4, -0.2) is 18.5 Å². The molecule has 0 aliphatic heterocycles. The van der Waals surface area contributed by atoms with Crippen LogP contribution in [0.3, 0.4) is 0 Å². The molecule has 0 bridgehead atoms. The standard InChI is InChI=1S/C15H21FN2O.ClH/c1-15(17)10-4-3-5-13(15)14(19)18(2)12-8-6-11(16)7-9-12;/h6-9,13H,3-5,10,17H2,1-2H3;1H. The highest BCUT2D eigenvalue weighted by molar-refractivity contribution is 5.95. The van der Waals surface area contributed by atoms with Crippen LogP contribution in [0.5, 0.6) is 0 Å². The molecule has 0 radical (unpaired) electrons. The van der Waals surface area contributed by atoms with Crippen molar-refractivity contribution in [3.8, 4) is 0 Å². The normalized spacial score (nSPS) is 25.7. The van der Waals surface area contributed by atoms with Gasteiger partial charge < -0.3 is 10.6 Å². The molecule has 3 nitrogen and oxygen atoms in total. The first-order chi connectivity index (χ1) is 8.92. The minimum atomic E-state index is -0.441. The van der Waals surface area contributed by atoms with Gasteiger partial charge >= 0.3 is 0 Å². The van der Waals surface area contributed by atoms with Crippen LogP contribution in [0, 0.1) is 11.7 Å². The van der Waals surface area contributed by atoms with Crippen molar-refractivity contribution in [3.05, 3.63) is 30.1 Å². The van der Waals surface area contributed by atoms with E-state index in [2.05, 4.69) is 0 Å². The van der Waals surface area contributed by atoms with Crippen molar-refractivity contribution in [2.24, 2.45) is 11.7 Å². The molecule has 1 amide bonds. The molecule has 20 heavy (non-hydrogen) atoms. The van der Waals surface area contributed by atoms with Crippen LogP contribution in [-0.2, 0) is 4.79 Å². The van der Waals surface area contributed by atoms with E-state index in [1.54, 1.807) is 24.1 Å². The van der Waals surface area contributed by atoms with Crippen LogP contribution in [0.1, 0.15) is 32.6 Å². The third-order valence-corrected chi connectivity index (χ3v) is 4.10. The Morgan fingerprint density at radius 1 is 1.35 bits per heavy atom. The lowest BCUT2D eigenvalue weighted by molar-refractivity contribution is -0.125. The Morgan fingerprint density at radius 3 is 2.50 bits per heavy atom. The van der Waals surface area contributed by atoms with Gasteiger partial charge in [-0.1, -0.05) is 12.8 Å². The smallest absolute Gasteiger partial charge is 0.231 e. The van der Waals surface area contributed by atoms with Crippen molar-refractivity contribution >= 4 is 24.0 Å². The zero-order valence-electron chi connectivity index (χ0n) is 11.9. The zero-order chi connectivity index (χ0) is 14.0. The van der Waals surface area contributed by atoms with Crippen molar-refractivity contribution in [2.75, 3.05) is 11.9 Å². The number of hydrogen-bond acceptors (Lipinski definition) is 2. The summed E-state index contributed by atoms with van der Waals surface area (Å²) < 4.78 is 12.9. The second kappa shape index (κ2) is 6.55. The van der Waals surface area contributed by atoms with Crippen LogP contribution in [0.15, 0.2) is 24.3 Å². The molecule has 5 heteroatoms. The number of hydrogen-bond donors (Lipinski definition) is 1. The fraction of sp³-hybridized carbons (Fsp3) is 0.533. The van der Waals surface area contributed by atoms with Crippen LogP contribution >= 0.6 is 12.4 Å². The van der Waals surface area contributed by atoms with Gasteiger partial charge in [0.2, 0.25) is 5.91 Å². The summed E-state index contributed by atoms with van der Waals surface area (Å²) in [5.41, 5.74) is 6.52. The topological polar surface area (TPSA) is 46.3 Å². The molecule has 2 N–H and O–H groups in total. The van der Waals surface area contributed by atoms with E-state index >= 15 is 0 Å². The van der Waals surface area contributed by atoms with Crippen LogP contribution in [0.2, 0.25) is 0 Å². The van der Waals surface area contributed by atoms with Crippen LogP contribution in [0.4, 0.5) is 10.1 Å². The monoisotopic (exact) mass is 300 g/mol. The molecule has 1 fully saturated rings. The number of nitrogens with two attached hydrogens (primary N) is 1. The van der Waals surface area contributed by atoms with Gasteiger partial charge in [-0.15, -0.1) is 12.4 Å². The zero-order valence-corrected chi connectivity index (χ0v) is 12.8. The van der Waals surface area contributed by atoms with E-state index in [-0.39, 0.29) is 30.0 Å². The molecule has 0 aromatic heterocycles. The molecule has 2 atom stereocenters. The maximum atomic E-state index is 12.9. The lowest BCUT2D eigenvalue weighted by atomic mass is 9.74. The summed E-state index contributed by atoms with van der Waals surface area (Å²) in [6.45, 7) is 1.95. The van der Waals surface area contributed by atoms with Gasteiger partial charge in [0.1, 0.15) is 5.82 Å². The Hall–Kier alpha value is -1.13. The highest BCUT2D eigenvalue weighted by atomic mass is 35.5. The summed E-state index contributed by atoms with van der Waals surface area (Å²) >= 11 is 0. The van der Waals surface area contributed by atoms with Crippen molar-refractivity contribution in [1.82, 2.24) is 0 Å². The molecule has 112 valence electrons. The van der Waals surface area contributed by atoms with E-state index < -0.39 is 5.54 Å². The quantitative estimate of drug-likeness (QED) is 0.912. The number of carbonyl (C=O) groups is 1. The predicted molar refractivity (Wildman–Crippen MR) is 81.6 cm³/mol. The molecule has 1 aromatic rings. The van der Waals surface area contributed by atoms with Gasteiger partial charge in [0.25, 0.3) is 0 Å². The number of rotatable bonds is 2. The van der Waals surface area contributed by atoms with Gasteiger partial charge in [-0.3, -0.25) is 4.79 Å². The Labute approximate surface area is 125 Å². The van der Waals surface area contributed by atoms with E-state index in [9.17, 15) is 9.18 Å². The van der Waals surface area contributed by atoms with Gasteiger partial charge in [-0.2, -0.15) is 0 Å². The maximum Gasteiger partial charge on any atom is 0.231 e. The van der Waals surface area contributed by atoms with Crippen molar-refractivity contribution in [2.45, 2.75) is 38.1 Å². The number of anilines is 1. The second-order valence-electron chi connectivity index (χ2n) is 5.68. The third-order valence-electron chi connectivity index (χ3n) is 4.10. The molecule has 0 heterocycles. The van der Waals surface area contributed by atoms with E-state index in [0.29, 0.717) is 5.69 Å². The molecular formula is C15H22ClFN2O. The second-order valence-corrected chi connectivity index (χ2v) is 5.68. The van der Waals surface area contributed by atoms with Gasteiger partial charge in [-0.25, -0.2) is 4.39 Å². The molecular weight excluding hydrogens is 279 g/mol. The molecule has 0 spiro atoms. The first-order valence-corrected chi connectivity index (χ1v) is 6.74. The average Bonchev–Trinajstić information content (AvgIpc) is 2.37. The highest BCUT2D eigenvalue weighted by Crippen LogP contribution is 2.33. The van der Waals surface area contributed by atoms with E-state index in [0.717, 1.165) is 25.7 Å². The molecule has 0 saturated heterocycles. The van der Waals surface area contributed by atoms with E-state index in [1.165, 1.54) is 12.1 Å². The summed E-state index contributed by atoms with van der Waals surface area (Å²) in [6, 6.07) is 5.96. The fourth-order valence-electron chi connectivity index (χ4n) is 2.79. The largest absolute Gasteiger partial charge is 0.325 e. The fourth-order valence-corrected chi connectivity index (χ4v) is 2.79. The predicted octanol–water partition coefficient (Wildman–Crippen LogP) is 3.12. The van der Waals surface area contributed by atoms with E-state index in [4.69, 9.17) is 5.73 Å². The Bertz CT molecular complexity index is 461. The number of amides is 1. The van der Waals surface area contributed by atoms with Crippen molar-refractivity contribution < 1.29 is 9.18 Å². The summed E-state index contributed by atoms with van der Waals surface area (Å²) in [5, 5.41) is 0. The van der Waals surface area contributed by atoms with E-state index in [1.807, 2.05) is 6.92 Å². The molecule has 2 unspecified atom stereocenters. The van der Waals surface area contributed by atoms with Crippen LogP contribution < -0.4 is 10.6 Å². The molecule has 1 aliphatic rings. The molecule has 1 saturated carbocycles. The van der Waals surface area contributed by atoms with Gasteiger partial charge in [0.15, 0.2) is 0 Å². The average molecular weight is 301 g/mol. The highest BCUT2D eigenvalue weighted by Gasteiger charge is 2.39. The van der Waals surface area contributed by atoms with Crippen molar-refractivity contribution in [3.63, 3.8) is 0 Å². The minimum Gasteiger partial charge on any atom is -0.325 e. The summed E-state index contributed by atoms with van der Waals surface area (Å²) in [5.74, 6) is -0.432. The van der Waals surface area contributed by atoms with Gasteiger partial charge in [0.05, 0.1) is 5.92 Å². The Kier molecular flexibility index (Phi) is 5.54. The minimum absolute atomic E-state index is 0. The maximum absolute atomic E-state index is 12.9. The lowest BCUT2D eigenvalue weighted by Crippen LogP contribution is -2.53. The first kappa shape index (κ1) is 16.9. The SMILES string of the molecule is CN(C(=O)C1CCCCC1(C)N)c1ccc(F)cc1.Cl. The number of halogens is 2.